The van der Waals surface area contributed by atoms with Crippen LogP contribution in [0, 0.1) is 11.6 Å². The van der Waals surface area contributed by atoms with Crippen LogP contribution in [0.2, 0.25) is 0 Å². The van der Waals surface area contributed by atoms with Crippen molar-refractivity contribution in [2.24, 2.45) is 0 Å². The molecule has 0 saturated heterocycles. The number of halogens is 2. The lowest BCUT2D eigenvalue weighted by Gasteiger charge is -2.12. The van der Waals surface area contributed by atoms with Gasteiger partial charge >= 0.3 is 6.03 Å². The van der Waals surface area contributed by atoms with Gasteiger partial charge in [-0.25, -0.2) is 13.6 Å². The van der Waals surface area contributed by atoms with Crippen molar-refractivity contribution in [2.75, 3.05) is 19.7 Å². The lowest BCUT2D eigenvalue weighted by molar-refractivity contribution is 0.173. The maximum atomic E-state index is 13.0. The molecule has 2 amide bonds. The number of hydrogen-bond donors (Lipinski definition) is 3. The topological polar surface area (TPSA) is 70.6 Å². The second-order valence-corrected chi connectivity index (χ2v) is 5.41. The van der Waals surface area contributed by atoms with Gasteiger partial charge in [0.2, 0.25) is 0 Å². The minimum atomic E-state index is -0.990. The average molecular weight is 342 g/mol. The van der Waals surface area contributed by atoms with E-state index in [-0.39, 0.29) is 25.4 Å². The van der Waals surface area contributed by atoms with Crippen LogP contribution in [-0.2, 0) is 0 Å². The lowest BCUT2D eigenvalue weighted by atomic mass is 10.2. The molecule has 0 radical (unpaired) electrons. The Bertz CT molecular complexity index is 638. The van der Waals surface area contributed by atoms with Crippen molar-refractivity contribution in [1.82, 2.24) is 10.6 Å². The van der Waals surface area contributed by atoms with Crippen molar-refractivity contribution in [1.29, 1.82) is 0 Å². The van der Waals surface area contributed by atoms with Crippen LogP contribution in [0.1, 0.15) is 11.7 Å². The summed E-state index contributed by atoms with van der Waals surface area (Å²) in [5, 5.41) is 18.5. The molecule has 5 nitrogen and oxygen atoms in total. The third-order valence-electron chi connectivity index (χ3n) is 2.93. The van der Waals surface area contributed by atoms with Gasteiger partial charge in [-0.05, 0) is 34.5 Å². The number of thiophene rings is 1. The van der Waals surface area contributed by atoms with Gasteiger partial charge in [-0.2, -0.15) is 11.3 Å². The minimum absolute atomic E-state index is 0.0899. The second-order valence-electron chi connectivity index (χ2n) is 4.63. The maximum Gasteiger partial charge on any atom is 0.315 e. The summed E-state index contributed by atoms with van der Waals surface area (Å²) in [5.41, 5.74) is 0.747. The van der Waals surface area contributed by atoms with Crippen LogP contribution in [-0.4, -0.2) is 30.8 Å². The molecule has 0 aliphatic heterocycles. The molecule has 0 saturated carbocycles. The second kappa shape index (κ2) is 8.44. The number of rotatable bonds is 7. The van der Waals surface area contributed by atoms with E-state index in [9.17, 15) is 18.7 Å². The molecule has 1 atom stereocenters. The highest BCUT2D eigenvalue weighted by Gasteiger charge is 2.09. The van der Waals surface area contributed by atoms with Gasteiger partial charge < -0.3 is 20.5 Å². The zero-order valence-corrected chi connectivity index (χ0v) is 12.9. The normalized spacial score (nSPS) is 11.8. The Morgan fingerprint density at radius 3 is 2.78 bits per heavy atom. The number of aliphatic hydroxyl groups is 1. The van der Waals surface area contributed by atoms with E-state index >= 15 is 0 Å². The van der Waals surface area contributed by atoms with Crippen LogP contribution in [0.4, 0.5) is 13.6 Å². The Morgan fingerprint density at radius 2 is 2.09 bits per heavy atom. The summed E-state index contributed by atoms with van der Waals surface area (Å²) in [6, 6.07) is 4.54. The summed E-state index contributed by atoms with van der Waals surface area (Å²) in [6.45, 7) is 0.373. The molecule has 1 heterocycles. The largest absolute Gasteiger partial charge is 0.492 e. The third-order valence-corrected chi connectivity index (χ3v) is 3.63. The van der Waals surface area contributed by atoms with Crippen LogP contribution in [0.5, 0.6) is 5.75 Å². The quantitative estimate of drug-likeness (QED) is 0.677. The van der Waals surface area contributed by atoms with Crippen molar-refractivity contribution in [2.45, 2.75) is 6.10 Å². The fourth-order valence-electron chi connectivity index (χ4n) is 1.73. The molecular weight excluding hydrogens is 326 g/mol. The van der Waals surface area contributed by atoms with E-state index in [1.54, 1.807) is 11.4 Å². The monoisotopic (exact) mass is 342 g/mol. The predicted octanol–water partition coefficient (Wildman–Crippen LogP) is 2.44. The molecule has 0 spiro atoms. The molecule has 23 heavy (non-hydrogen) atoms. The Kier molecular flexibility index (Phi) is 6.30. The third kappa shape index (κ3) is 5.50. The van der Waals surface area contributed by atoms with E-state index in [4.69, 9.17) is 4.74 Å². The Hall–Kier alpha value is -2.19. The number of carbonyl (C=O) groups is 1. The molecule has 0 aliphatic rings. The van der Waals surface area contributed by atoms with Crippen LogP contribution in [0.25, 0.3) is 0 Å². The zero-order chi connectivity index (χ0) is 16.7. The van der Waals surface area contributed by atoms with Gasteiger partial charge in [0.15, 0.2) is 11.6 Å². The number of urea groups is 1. The first-order valence-electron chi connectivity index (χ1n) is 6.86. The lowest BCUT2D eigenvalue weighted by Crippen LogP contribution is -2.39. The number of benzene rings is 1. The van der Waals surface area contributed by atoms with Crippen molar-refractivity contribution >= 4 is 17.4 Å². The average Bonchev–Trinajstić information content (AvgIpc) is 3.07. The highest BCUT2D eigenvalue weighted by Crippen LogP contribution is 2.15. The number of amides is 2. The highest BCUT2D eigenvalue weighted by atomic mass is 32.1. The van der Waals surface area contributed by atoms with E-state index in [1.165, 1.54) is 17.4 Å². The summed E-state index contributed by atoms with van der Waals surface area (Å²) in [5.74, 6) is -1.76. The standard InChI is InChI=1S/C15H16F2N2O3S/c16-12-2-1-11(7-13(12)17)22-5-4-18-15(21)19-8-14(20)10-3-6-23-9-10/h1-3,6-7,9,14,20H,4-5,8H2,(H2,18,19,21). The number of nitrogens with one attached hydrogen (secondary N) is 2. The predicted molar refractivity (Wildman–Crippen MR) is 82.5 cm³/mol. The van der Waals surface area contributed by atoms with Gasteiger partial charge in [-0.1, -0.05) is 0 Å². The first-order chi connectivity index (χ1) is 11.1. The highest BCUT2D eigenvalue weighted by molar-refractivity contribution is 7.07. The maximum absolute atomic E-state index is 13.0. The van der Waals surface area contributed by atoms with Gasteiger partial charge in [-0.15, -0.1) is 0 Å². The summed E-state index contributed by atoms with van der Waals surface area (Å²) < 4.78 is 30.9. The van der Waals surface area contributed by atoms with Crippen LogP contribution in [0.3, 0.4) is 0 Å². The summed E-state index contributed by atoms with van der Waals surface area (Å²) in [6.07, 6.45) is -0.759. The molecule has 1 aromatic heterocycles. The van der Waals surface area contributed by atoms with Crippen molar-refractivity contribution in [3.8, 4) is 5.75 Å². The van der Waals surface area contributed by atoms with E-state index in [0.29, 0.717) is 0 Å². The van der Waals surface area contributed by atoms with Gasteiger partial charge in [0.25, 0.3) is 0 Å². The molecule has 2 aromatic rings. The number of aliphatic hydroxyl groups excluding tert-OH is 1. The van der Waals surface area contributed by atoms with E-state index in [2.05, 4.69) is 10.6 Å². The van der Waals surface area contributed by atoms with Crippen molar-refractivity contribution in [3.05, 3.63) is 52.2 Å². The SMILES string of the molecule is O=C(NCCOc1ccc(F)c(F)c1)NCC(O)c1ccsc1. The molecule has 0 fully saturated rings. The van der Waals surface area contributed by atoms with Crippen LogP contribution in [0.15, 0.2) is 35.0 Å². The fourth-order valence-corrected chi connectivity index (χ4v) is 2.44. The first kappa shape index (κ1) is 17.2. The fraction of sp³-hybridized carbons (Fsp3) is 0.267. The first-order valence-corrected chi connectivity index (χ1v) is 7.80. The zero-order valence-electron chi connectivity index (χ0n) is 12.1. The molecule has 2 rings (SSSR count). The molecule has 3 N–H and O–H groups in total. The van der Waals surface area contributed by atoms with Gasteiger partial charge in [0.1, 0.15) is 12.4 Å². The van der Waals surface area contributed by atoms with E-state index < -0.39 is 23.8 Å². The summed E-state index contributed by atoms with van der Waals surface area (Å²) >= 11 is 1.46. The van der Waals surface area contributed by atoms with Gasteiger partial charge in [0.05, 0.1) is 12.6 Å². The Balaban J connectivity index is 1.62. The smallest absolute Gasteiger partial charge is 0.315 e. The van der Waals surface area contributed by atoms with Gasteiger partial charge in [-0.3, -0.25) is 0 Å². The van der Waals surface area contributed by atoms with Gasteiger partial charge in [0, 0.05) is 12.6 Å². The molecule has 0 aliphatic carbocycles. The Morgan fingerprint density at radius 1 is 1.26 bits per heavy atom. The number of hydrogen-bond acceptors (Lipinski definition) is 4. The minimum Gasteiger partial charge on any atom is -0.492 e. The van der Waals surface area contributed by atoms with E-state index in [1.807, 2.05) is 5.38 Å². The van der Waals surface area contributed by atoms with Crippen LogP contribution >= 0.6 is 11.3 Å². The molecule has 1 unspecified atom stereocenters. The molecule has 8 heteroatoms. The molecule has 124 valence electrons. The number of ether oxygens (including phenoxy) is 1. The molecule has 1 aromatic carbocycles. The molecule has 0 bridgehead atoms. The summed E-state index contributed by atoms with van der Waals surface area (Å²) in [4.78, 5) is 11.5. The van der Waals surface area contributed by atoms with Crippen molar-refractivity contribution < 1.29 is 23.4 Å². The molecular formula is C15H16F2N2O3S. The van der Waals surface area contributed by atoms with E-state index in [0.717, 1.165) is 17.7 Å². The van der Waals surface area contributed by atoms with Crippen LogP contribution < -0.4 is 15.4 Å². The Labute approximate surface area is 135 Å². The van der Waals surface area contributed by atoms with Crippen molar-refractivity contribution in [3.63, 3.8) is 0 Å². The number of carbonyl (C=O) groups excluding carboxylic acids is 1. The summed E-state index contributed by atoms with van der Waals surface area (Å²) in [7, 11) is 0.